The predicted molar refractivity (Wildman–Crippen MR) is 98.9 cm³/mol. The fourth-order valence-electron chi connectivity index (χ4n) is 3.67. The molecule has 25 heavy (non-hydrogen) atoms. The third-order valence-corrected chi connectivity index (χ3v) is 4.82. The van der Waals surface area contributed by atoms with Crippen molar-refractivity contribution < 1.29 is 4.79 Å². The largest absolute Gasteiger partial charge is 0.307 e. The minimum atomic E-state index is -0.0253. The van der Waals surface area contributed by atoms with E-state index in [0.29, 0.717) is 18.1 Å². The number of nitrogens with zero attached hydrogens (tertiary/aromatic N) is 4. The second kappa shape index (κ2) is 5.14. The van der Waals surface area contributed by atoms with Gasteiger partial charge in [0, 0.05) is 24.5 Å². The highest BCUT2D eigenvalue weighted by Crippen LogP contribution is 2.41. The standard InChI is InChI=1S/C20H16N4O/c1-23-19(25)16-14-9-5-6-10-15(14)22-17(13-7-3-2-4-8-13)18(16)24-12-11-21-20(23)24/h2-10H,11-12H2,1H3. The van der Waals surface area contributed by atoms with Crippen molar-refractivity contribution in [1.82, 2.24) is 9.88 Å². The van der Waals surface area contributed by atoms with Crippen LogP contribution in [0.1, 0.15) is 10.4 Å². The van der Waals surface area contributed by atoms with Crippen molar-refractivity contribution in [3.63, 3.8) is 0 Å². The molecule has 1 aromatic heterocycles. The molecular formula is C20H16N4O. The fraction of sp³-hybridized carbons (Fsp3) is 0.150. The van der Waals surface area contributed by atoms with Crippen molar-refractivity contribution in [3.05, 3.63) is 60.2 Å². The van der Waals surface area contributed by atoms with Crippen LogP contribution in [0.15, 0.2) is 59.6 Å². The summed E-state index contributed by atoms with van der Waals surface area (Å²) in [7, 11) is 1.79. The molecular weight excluding hydrogens is 312 g/mol. The van der Waals surface area contributed by atoms with Gasteiger partial charge in [0.2, 0.25) is 5.96 Å². The summed E-state index contributed by atoms with van der Waals surface area (Å²) in [4.78, 5) is 26.4. The monoisotopic (exact) mass is 328 g/mol. The molecule has 3 heterocycles. The highest BCUT2D eigenvalue weighted by molar-refractivity contribution is 6.25. The molecule has 0 radical (unpaired) electrons. The molecule has 0 fully saturated rings. The van der Waals surface area contributed by atoms with Crippen molar-refractivity contribution in [2.75, 3.05) is 25.0 Å². The Morgan fingerprint density at radius 3 is 2.60 bits per heavy atom. The van der Waals surface area contributed by atoms with Crippen LogP contribution in [0.4, 0.5) is 5.69 Å². The topological polar surface area (TPSA) is 48.8 Å². The molecule has 0 unspecified atom stereocenters. The second-order valence-corrected chi connectivity index (χ2v) is 6.26. The summed E-state index contributed by atoms with van der Waals surface area (Å²) in [6, 6.07) is 17.9. The van der Waals surface area contributed by atoms with Gasteiger partial charge >= 0.3 is 0 Å². The molecule has 0 atom stereocenters. The maximum Gasteiger partial charge on any atom is 0.263 e. The molecule has 0 saturated carbocycles. The van der Waals surface area contributed by atoms with Gasteiger partial charge in [-0.15, -0.1) is 0 Å². The number of aliphatic imine (C=N–C) groups is 1. The van der Waals surface area contributed by atoms with Crippen molar-refractivity contribution in [2.45, 2.75) is 0 Å². The van der Waals surface area contributed by atoms with E-state index in [1.165, 1.54) is 0 Å². The van der Waals surface area contributed by atoms with Gasteiger partial charge in [0.25, 0.3) is 5.91 Å². The van der Waals surface area contributed by atoms with E-state index < -0.39 is 0 Å². The third kappa shape index (κ3) is 1.92. The molecule has 2 aliphatic rings. The molecule has 0 aliphatic carbocycles. The molecule has 0 saturated heterocycles. The van der Waals surface area contributed by atoms with E-state index in [4.69, 9.17) is 4.98 Å². The van der Waals surface area contributed by atoms with E-state index in [9.17, 15) is 4.79 Å². The molecule has 2 aliphatic heterocycles. The fourth-order valence-corrected chi connectivity index (χ4v) is 3.67. The smallest absolute Gasteiger partial charge is 0.263 e. The molecule has 5 rings (SSSR count). The number of hydrogen-bond donors (Lipinski definition) is 0. The Morgan fingerprint density at radius 1 is 1.00 bits per heavy atom. The molecule has 0 N–H and O–H groups in total. The first-order chi connectivity index (χ1) is 12.3. The lowest BCUT2D eigenvalue weighted by Gasteiger charge is -2.35. The zero-order valence-electron chi connectivity index (χ0n) is 13.8. The van der Waals surface area contributed by atoms with Crippen molar-refractivity contribution >= 4 is 28.5 Å². The zero-order chi connectivity index (χ0) is 17.0. The van der Waals surface area contributed by atoms with E-state index in [1.807, 2.05) is 54.6 Å². The Balaban J connectivity index is 1.92. The highest BCUT2D eigenvalue weighted by atomic mass is 16.2. The molecule has 2 aromatic carbocycles. The van der Waals surface area contributed by atoms with E-state index >= 15 is 0 Å². The van der Waals surface area contributed by atoms with Crippen molar-refractivity contribution in [3.8, 4) is 11.3 Å². The lowest BCUT2D eigenvalue weighted by molar-refractivity contribution is 0.0867. The minimum absolute atomic E-state index is 0.0253. The Kier molecular flexibility index (Phi) is 2.91. The first-order valence-electron chi connectivity index (χ1n) is 8.34. The number of para-hydroxylation sites is 1. The molecule has 0 spiro atoms. The van der Waals surface area contributed by atoms with E-state index in [1.54, 1.807) is 11.9 Å². The summed E-state index contributed by atoms with van der Waals surface area (Å²) in [5.41, 5.74) is 4.27. The van der Waals surface area contributed by atoms with Gasteiger partial charge in [0.15, 0.2) is 0 Å². The summed E-state index contributed by atoms with van der Waals surface area (Å²) in [6.45, 7) is 1.45. The zero-order valence-corrected chi connectivity index (χ0v) is 13.8. The van der Waals surface area contributed by atoms with Crippen molar-refractivity contribution in [2.24, 2.45) is 4.99 Å². The average Bonchev–Trinajstić information content (AvgIpc) is 3.15. The van der Waals surface area contributed by atoms with E-state index in [0.717, 1.165) is 34.4 Å². The third-order valence-electron chi connectivity index (χ3n) is 4.82. The summed E-state index contributed by atoms with van der Waals surface area (Å²) in [5, 5.41) is 0.889. The predicted octanol–water partition coefficient (Wildman–Crippen LogP) is 3.16. The summed E-state index contributed by atoms with van der Waals surface area (Å²) in [6.07, 6.45) is 0. The van der Waals surface area contributed by atoms with Gasteiger partial charge in [0.1, 0.15) is 0 Å². The number of anilines is 1. The van der Waals surface area contributed by atoms with Gasteiger partial charge in [0.05, 0.1) is 29.0 Å². The van der Waals surface area contributed by atoms with Crippen LogP contribution in [-0.4, -0.2) is 41.9 Å². The molecule has 3 aromatic rings. The second-order valence-electron chi connectivity index (χ2n) is 6.26. The maximum absolute atomic E-state index is 13.1. The summed E-state index contributed by atoms with van der Waals surface area (Å²) < 4.78 is 0. The van der Waals surface area contributed by atoms with Gasteiger partial charge in [-0.3, -0.25) is 14.7 Å². The number of pyridine rings is 1. The van der Waals surface area contributed by atoms with Gasteiger partial charge in [-0.25, -0.2) is 4.98 Å². The van der Waals surface area contributed by atoms with E-state index in [2.05, 4.69) is 9.89 Å². The van der Waals surface area contributed by atoms with Crippen molar-refractivity contribution in [1.29, 1.82) is 0 Å². The number of aromatic nitrogens is 1. The quantitative estimate of drug-likeness (QED) is 0.689. The number of carbonyl (C=O) groups excluding carboxylic acids is 1. The van der Waals surface area contributed by atoms with Crippen LogP contribution in [-0.2, 0) is 0 Å². The highest BCUT2D eigenvalue weighted by Gasteiger charge is 2.38. The van der Waals surface area contributed by atoms with Gasteiger partial charge < -0.3 is 4.90 Å². The van der Waals surface area contributed by atoms with Gasteiger partial charge in [-0.05, 0) is 6.07 Å². The normalized spacial score (nSPS) is 16.0. The first-order valence-corrected chi connectivity index (χ1v) is 8.34. The molecule has 1 amide bonds. The molecule has 122 valence electrons. The SMILES string of the molecule is CN1C(=O)c2c(c(-c3ccccc3)nc3ccccc23)N2CCN=C12. The van der Waals surface area contributed by atoms with Gasteiger partial charge in [-0.2, -0.15) is 0 Å². The lowest BCUT2D eigenvalue weighted by Crippen LogP contribution is -2.48. The van der Waals surface area contributed by atoms with Crippen LogP contribution in [0, 0.1) is 0 Å². The number of fused-ring (bicyclic) bond motifs is 5. The van der Waals surface area contributed by atoms with E-state index in [-0.39, 0.29) is 5.91 Å². The number of amides is 1. The van der Waals surface area contributed by atoms with Crippen LogP contribution in [0.2, 0.25) is 0 Å². The lowest BCUT2D eigenvalue weighted by atomic mass is 9.98. The van der Waals surface area contributed by atoms with Gasteiger partial charge in [-0.1, -0.05) is 48.5 Å². The molecule has 0 bridgehead atoms. The minimum Gasteiger partial charge on any atom is -0.307 e. The maximum atomic E-state index is 13.1. The Bertz CT molecular complexity index is 1040. The Morgan fingerprint density at radius 2 is 1.76 bits per heavy atom. The Labute approximate surface area is 145 Å². The molecule has 5 heteroatoms. The number of carbonyl (C=O) groups is 1. The van der Waals surface area contributed by atoms with Crippen LogP contribution < -0.4 is 4.90 Å². The summed E-state index contributed by atoms with van der Waals surface area (Å²) >= 11 is 0. The number of guanidine groups is 1. The number of rotatable bonds is 1. The number of hydrogen-bond acceptors (Lipinski definition) is 4. The first kappa shape index (κ1) is 14.2. The average molecular weight is 328 g/mol. The van der Waals surface area contributed by atoms with Crippen LogP contribution in [0.3, 0.4) is 0 Å². The molecule has 5 nitrogen and oxygen atoms in total. The Hall–Kier alpha value is -3.21. The van der Waals surface area contributed by atoms with Crippen LogP contribution >= 0.6 is 0 Å². The number of benzene rings is 2. The van der Waals surface area contributed by atoms with Crippen LogP contribution in [0.25, 0.3) is 22.2 Å². The summed E-state index contributed by atoms with van der Waals surface area (Å²) in [5.74, 6) is 0.689. The van der Waals surface area contributed by atoms with Crippen LogP contribution in [0.5, 0.6) is 0 Å².